The van der Waals surface area contributed by atoms with Gasteiger partial charge in [-0.25, -0.2) is 0 Å². The highest BCUT2D eigenvalue weighted by Crippen LogP contribution is 2.24. The van der Waals surface area contributed by atoms with E-state index in [4.69, 9.17) is 4.52 Å². The molecule has 0 saturated carbocycles. The Morgan fingerprint density at radius 2 is 2.42 bits per heavy atom. The van der Waals surface area contributed by atoms with E-state index in [0.717, 1.165) is 37.1 Å². The highest BCUT2D eigenvalue weighted by Gasteiger charge is 2.24. The van der Waals surface area contributed by atoms with Crippen LogP contribution in [0, 0.1) is 0 Å². The fraction of sp³-hybridized carbons (Fsp3) is 0.429. The molecule has 19 heavy (non-hydrogen) atoms. The van der Waals surface area contributed by atoms with Crippen LogP contribution in [0.15, 0.2) is 29.0 Å². The van der Waals surface area contributed by atoms with E-state index < -0.39 is 0 Å². The van der Waals surface area contributed by atoms with Crippen molar-refractivity contribution < 1.29 is 9.63 Å². The Bertz CT molecular complexity index is 525. The van der Waals surface area contributed by atoms with Crippen LogP contribution in [-0.2, 0) is 26.0 Å². The van der Waals surface area contributed by atoms with Gasteiger partial charge in [-0.2, -0.15) is 0 Å². The van der Waals surface area contributed by atoms with Crippen molar-refractivity contribution in [2.24, 2.45) is 0 Å². The molecule has 1 aliphatic rings. The highest BCUT2D eigenvalue weighted by atomic mass is 16.5. The normalized spacial score (nSPS) is 18.3. The molecule has 0 saturated heterocycles. The van der Waals surface area contributed by atoms with E-state index in [9.17, 15) is 5.11 Å². The zero-order valence-electron chi connectivity index (χ0n) is 10.7. The van der Waals surface area contributed by atoms with Crippen molar-refractivity contribution in [1.29, 1.82) is 0 Å². The molecule has 5 nitrogen and oxygen atoms in total. The molecule has 2 N–H and O–H groups in total. The van der Waals surface area contributed by atoms with Gasteiger partial charge >= 0.3 is 0 Å². The van der Waals surface area contributed by atoms with Crippen LogP contribution in [0.4, 0.5) is 0 Å². The summed E-state index contributed by atoms with van der Waals surface area (Å²) in [6.07, 6.45) is 6.44. The maximum Gasteiger partial charge on any atom is 0.140 e. The number of aliphatic hydroxyl groups is 1. The predicted octanol–water partition coefficient (Wildman–Crippen LogP) is 1.21. The molecule has 0 bridgehead atoms. The molecule has 2 heterocycles. The quantitative estimate of drug-likeness (QED) is 0.863. The Hall–Kier alpha value is -1.72. The van der Waals surface area contributed by atoms with Gasteiger partial charge in [0.25, 0.3) is 0 Å². The lowest BCUT2D eigenvalue weighted by Crippen LogP contribution is -2.34. The van der Waals surface area contributed by atoms with E-state index in [2.05, 4.69) is 21.5 Å². The van der Waals surface area contributed by atoms with Crippen molar-refractivity contribution in [3.8, 4) is 0 Å². The van der Waals surface area contributed by atoms with Gasteiger partial charge in [0, 0.05) is 37.0 Å². The second-order valence-electron chi connectivity index (χ2n) is 4.87. The third-order valence-corrected chi connectivity index (χ3v) is 3.59. The van der Waals surface area contributed by atoms with Crippen LogP contribution in [-0.4, -0.2) is 21.3 Å². The molecule has 0 amide bonds. The number of aliphatic hydroxyl groups excluding tert-OH is 1. The van der Waals surface area contributed by atoms with E-state index in [0.29, 0.717) is 11.7 Å². The van der Waals surface area contributed by atoms with E-state index >= 15 is 0 Å². The summed E-state index contributed by atoms with van der Waals surface area (Å²) >= 11 is 0. The molecule has 0 spiro atoms. The van der Waals surface area contributed by atoms with E-state index in [-0.39, 0.29) is 6.61 Å². The summed E-state index contributed by atoms with van der Waals surface area (Å²) < 4.78 is 5.24. The molecule has 0 radical (unpaired) electrons. The van der Waals surface area contributed by atoms with Crippen molar-refractivity contribution in [2.45, 2.75) is 38.5 Å². The van der Waals surface area contributed by atoms with Crippen LogP contribution < -0.4 is 5.32 Å². The second-order valence-corrected chi connectivity index (χ2v) is 4.87. The Kier molecular flexibility index (Phi) is 3.57. The molecule has 0 fully saturated rings. The first-order valence-corrected chi connectivity index (χ1v) is 6.56. The number of aryl methyl sites for hydroxylation is 1. The molecule has 1 unspecified atom stereocenters. The number of aromatic nitrogens is 2. The fourth-order valence-corrected chi connectivity index (χ4v) is 2.53. The van der Waals surface area contributed by atoms with Gasteiger partial charge in [-0.3, -0.25) is 4.98 Å². The van der Waals surface area contributed by atoms with Gasteiger partial charge < -0.3 is 14.9 Å². The molecular formula is C14H17N3O2. The van der Waals surface area contributed by atoms with Crippen molar-refractivity contribution in [2.75, 3.05) is 0 Å². The van der Waals surface area contributed by atoms with Gasteiger partial charge in [0.2, 0.25) is 0 Å². The zero-order chi connectivity index (χ0) is 13.1. The smallest absolute Gasteiger partial charge is 0.140 e. The lowest BCUT2D eigenvalue weighted by atomic mass is 9.92. The summed E-state index contributed by atoms with van der Waals surface area (Å²) in [5.41, 5.74) is 2.95. The first-order valence-electron chi connectivity index (χ1n) is 6.56. The van der Waals surface area contributed by atoms with Crippen LogP contribution in [0.3, 0.4) is 0 Å². The molecule has 1 atom stereocenters. The molecule has 5 heteroatoms. The van der Waals surface area contributed by atoms with Crippen LogP contribution in [0.25, 0.3) is 0 Å². The van der Waals surface area contributed by atoms with Gasteiger partial charge in [0.15, 0.2) is 0 Å². The zero-order valence-corrected chi connectivity index (χ0v) is 10.7. The average molecular weight is 259 g/mol. The maximum absolute atomic E-state index is 9.23. The summed E-state index contributed by atoms with van der Waals surface area (Å²) in [6, 6.07) is 4.41. The van der Waals surface area contributed by atoms with Gasteiger partial charge in [0.1, 0.15) is 11.5 Å². The maximum atomic E-state index is 9.23. The summed E-state index contributed by atoms with van der Waals surface area (Å²) in [7, 11) is 0. The molecule has 1 aliphatic carbocycles. The summed E-state index contributed by atoms with van der Waals surface area (Å²) in [6.45, 7) is 0.766. The number of nitrogens with zero attached hydrogens (tertiary/aromatic N) is 2. The second kappa shape index (κ2) is 5.50. The monoisotopic (exact) mass is 259 g/mol. The van der Waals surface area contributed by atoms with Gasteiger partial charge in [-0.1, -0.05) is 11.2 Å². The molecule has 0 aromatic carbocycles. The number of hydrogen-bond acceptors (Lipinski definition) is 5. The molecule has 2 aromatic heterocycles. The minimum absolute atomic E-state index is 0.0475. The van der Waals surface area contributed by atoms with Crippen molar-refractivity contribution in [3.05, 3.63) is 47.1 Å². The van der Waals surface area contributed by atoms with Crippen molar-refractivity contribution in [3.63, 3.8) is 0 Å². The topological polar surface area (TPSA) is 71.2 Å². The number of fused-ring (bicyclic) bond motifs is 1. The molecular weight excluding hydrogens is 242 g/mol. The van der Waals surface area contributed by atoms with E-state index in [1.165, 1.54) is 5.56 Å². The largest absolute Gasteiger partial charge is 0.390 e. The minimum atomic E-state index is -0.0475. The molecule has 100 valence electrons. The Balaban J connectivity index is 1.62. The van der Waals surface area contributed by atoms with E-state index in [1.807, 2.05) is 12.3 Å². The van der Waals surface area contributed by atoms with E-state index in [1.54, 1.807) is 6.20 Å². The van der Waals surface area contributed by atoms with Crippen LogP contribution >= 0.6 is 0 Å². The number of nitrogens with one attached hydrogen (secondary N) is 1. The molecule has 2 aromatic rings. The number of rotatable bonds is 4. The van der Waals surface area contributed by atoms with Crippen LogP contribution in [0.2, 0.25) is 0 Å². The van der Waals surface area contributed by atoms with Gasteiger partial charge in [0.05, 0.1) is 6.61 Å². The number of hydrogen-bond donors (Lipinski definition) is 2. The lowest BCUT2D eigenvalue weighted by molar-refractivity contribution is 0.265. The predicted molar refractivity (Wildman–Crippen MR) is 69.3 cm³/mol. The average Bonchev–Trinajstić information content (AvgIpc) is 2.88. The Morgan fingerprint density at radius 1 is 1.47 bits per heavy atom. The molecule has 0 aliphatic heterocycles. The summed E-state index contributed by atoms with van der Waals surface area (Å²) in [5, 5.41) is 16.7. The summed E-state index contributed by atoms with van der Waals surface area (Å²) in [5.74, 6) is 0.934. The number of pyridine rings is 1. The van der Waals surface area contributed by atoms with Crippen molar-refractivity contribution >= 4 is 0 Å². The molecule has 3 rings (SSSR count). The highest BCUT2D eigenvalue weighted by molar-refractivity contribution is 5.26. The summed E-state index contributed by atoms with van der Waals surface area (Å²) in [4.78, 5) is 4.11. The minimum Gasteiger partial charge on any atom is -0.390 e. The Morgan fingerprint density at radius 3 is 3.21 bits per heavy atom. The third-order valence-electron chi connectivity index (χ3n) is 3.59. The first-order chi connectivity index (χ1) is 9.36. The lowest BCUT2D eigenvalue weighted by Gasteiger charge is -2.22. The van der Waals surface area contributed by atoms with Crippen LogP contribution in [0.1, 0.15) is 29.0 Å². The first kappa shape index (κ1) is 12.3. The SMILES string of the molecule is OCc1noc2c1CC(NCc1cccnc1)CC2. The third kappa shape index (κ3) is 2.67. The standard InChI is InChI=1S/C14H17N3O2/c18-9-13-12-6-11(3-4-14(12)19-17-13)16-8-10-2-1-5-15-7-10/h1-2,5,7,11,16,18H,3-4,6,8-9H2. The van der Waals surface area contributed by atoms with Gasteiger partial charge in [-0.05, 0) is 24.5 Å². The fourth-order valence-electron chi connectivity index (χ4n) is 2.53. The van der Waals surface area contributed by atoms with Crippen LogP contribution in [0.5, 0.6) is 0 Å². The Labute approximate surface area is 111 Å². The van der Waals surface area contributed by atoms with Gasteiger partial charge in [-0.15, -0.1) is 0 Å². The van der Waals surface area contributed by atoms with Crippen molar-refractivity contribution in [1.82, 2.24) is 15.5 Å².